The molecule has 0 fully saturated rings. The minimum Gasteiger partial charge on any atom is -0.489 e. The third-order valence-electron chi connectivity index (χ3n) is 3.41. The van der Waals surface area contributed by atoms with Crippen LogP contribution in [0.3, 0.4) is 0 Å². The molecule has 1 N–H and O–H groups in total. The molecule has 2 heteroatoms. The van der Waals surface area contributed by atoms with Gasteiger partial charge in [0.2, 0.25) is 0 Å². The number of hydrogen-bond acceptors (Lipinski definition) is 2. The van der Waals surface area contributed by atoms with Gasteiger partial charge >= 0.3 is 0 Å². The van der Waals surface area contributed by atoms with Gasteiger partial charge in [-0.3, -0.25) is 0 Å². The summed E-state index contributed by atoms with van der Waals surface area (Å²) in [7, 11) is 0. The van der Waals surface area contributed by atoms with Crippen LogP contribution in [-0.4, -0.2) is 19.2 Å². The van der Waals surface area contributed by atoms with Gasteiger partial charge in [0.1, 0.15) is 11.9 Å². The second-order valence-corrected chi connectivity index (χ2v) is 5.01. The summed E-state index contributed by atoms with van der Waals surface area (Å²) in [6.07, 6.45) is 2.46. The van der Waals surface area contributed by atoms with E-state index in [0.717, 1.165) is 25.3 Å². The molecule has 1 atom stereocenters. The minimum atomic E-state index is 0.260. The summed E-state index contributed by atoms with van der Waals surface area (Å²) in [6, 6.07) is 4.30. The third kappa shape index (κ3) is 4.02. The predicted octanol–water partition coefficient (Wildman–Crippen LogP) is 3.77. The molecule has 0 aliphatic rings. The molecular formula is C16H27NO. The van der Waals surface area contributed by atoms with E-state index < -0.39 is 0 Å². The second-order valence-electron chi connectivity index (χ2n) is 5.01. The number of hydrogen-bond donors (Lipinski definition) is 1. The second kappa shape index (κ2) is 7.42. The molecule has 18 heavy (non-hydrogen) atoms. The molecule has 0 saturated heterocycles. The van der Waals surface area contributed by atoms with Gasteiger partial charge in [-0.25, -0.2) is 0 Å². The lowest BCUT2D eigenvalue weighted by Crippen LogP contribution is -2.31. The summed E-state index contributed by atoms with van der Waals surface area (Å²) in [5, 5.41) is 3.43. The van der Waals surface area contributed by atoms with Gasteiger partial charge in [0.15, 0.2) is 0 Å². The van der Waals surface area contributed by atoms with Crippen molar-refractivity contribution in [3.8, 4) is 5.75 Å². The largest absolute Gasteiger partial charge is 0.489 e. The fourth-order valence-corrected chi connectivity index (χ4v) is 1.98. The Kier molecular flexibility index (Phi) is 6.20. The highest BCUT2D eigenvalue weighted by Crippen LogP contribution is 2.27. The molecule has 2 nitrogen and oxygen atoms in total. The van der Waals surface area contributed by atoms with Crippen molar-refractivity contribution in [2.45, 2.75) is 53.6 Å². The molecule has 102 valence electrons. The number of benzene rings is 1. The zero-order valence-corrected chi connectivity index (χ0v) is 12.5. The van der Waals surface area contributed by atoms with E-state index in [1.165, 1.54) is 23.1 Å². The van der Waals surface area contributed by atoms with Crippen molar-refractivity contribution in [2.24, 2.45) is 0 Å². The van der Waals surface area contributed by atoms with Crippen LogP contribution in [0, 0.1) is 20.8 Å². The molecule has 0 bridgehead atoms. The molecule has 1 aromatic rings. The first-order valence-electron chi connectivity index (χ1n) is 7.04. The van der Waals surface area contributed by atoms with E-state index in [2.05, 4.69) is 52.1 Å². The van der Waals surface area contributed by atoms with Crippen molar-refractivity contribution in [3.05, 3.63) is 28.8 Å². The first kappa shape index (κ1) is 15.0. The number of nitrogens with one attached hydrogen (secondary N) is 1. The van der Waals surface area contributed by atoms with E-state index in [4.69, 9.17) is 4.74 Å². The highest BCUT2D eigenvalue weighted by Gasteiger charge is 2.12. The van der Waals surface area contributed by atoms with Gasteiger partial charge < -0.3 is 10.1 Å². The van der Waals surface area contributed by atoms with Crippen molar-refractivity contribution in [2.75, 3.05) is 13.1 Å². The molecular weight excluding hydrogens is 222 g/mol. The summed E-state index contributed by atoms with van der Waals surface area (Å²) in [4.78, 5) is 0. The highest BCUT2D eigenvalue weighted by atomic mass is 16.5. The molecule has 0 radical (unpaired) electrons. The van der Waals surface area contributed by atoms with Crippen LogP contribution in [0.4, 0.5) is 0 Å². The monoisotopic (exact) mass is 249 g/mol. The van der Waals surface area contributed by atoms with Crippen LogP contribution in [-0.2, 0) is 0 Å². The van der Waals surface area contributed by atoms with Crippen LogP contribution in [0.15, 0.2) is 12.1 Å². The van der Waals surface area contributed by atoms with Crippen LogP contribution in [0.1, 0.15) is 43.4 Å². The van der Waals surface area contributed by atoms with E-state index in [1.54, 1.807) is 0 Å². The zero-order chi connectivity index (χ0) is 13.5. The molecule has 0 amide bonds. The van der Waals surface area contributed by atoms with E-state index >= 15 is 0 Å². The van der Waals surface area contributed by atoms with Crippen LogP contribution in [0.5, 0.6) is 5.75 Å². The van der Waals surface area contributed by atoms with E-state index in [1.807, 2.05) is 0 Å². The van der Waals surface area contributed by atoms with Crippen molar-refractivity contribution in [1.82, 2.24) is 5.32 Å². The average molecular weight is 249 g/mol. The van der Waals surface area contributed by atoms with Crippen molar-refractivity contribution < 1.29 is 4.74 Å². The molecule has 0 aliphatic carbocycles. The number of ether oxygens (including phenoxy) is 1. The lowest BCUT2D eigenvalue weighted by Gasteiger charge is -2.21. The number of aryl methyl sites for hydroxylation is 2. The highest BCUT2D eigenvalue weighted by molar-refractivity contribution is 5.44. The Morgan fingerprint density at radius 3 is 2.39 bits per heavy atom. The summed E-state index contributed by atoms with van der Waals surface area (Å²) in [5.41, 5.74) is 3.79. The normalized spacial score (nSPS) is 12.5. The maximum absolute atomic E-state index is 6.19. The molecule has 0 spiro atoms. The minimum absolute atomic E-state index is 0.260. The molecule has 0 saturated carbocycles. The Bertz CT molecular complexity index is 374. The summed E-state index contributed by atoms with van der Waals surface area (Å²) >= 11 is 0. The van der Waals surface area contributed by atoms with Gasteiger partial charge in [0.25, 0.3) is 0 Å². The van der Waals surface area contributed by atoms with E-state index in [9.17, 15) is 0 Å². The lowest BCUT2D eigenvalue weighted by atomic mass is 10.1. The third-order valence-corrected chi connectivity index (χ3v) is 3.41. The van der Waals surface area contributed by atoms with Gasteiger partial charge in [-0.1, -0.05) is 26.0 Å². The Morgan fingerprint density at radius 2 is 1.78 bits per heavy atom. The van der Waals surface area contributed by atoms with Gasteiger partial charge in [-0.2, -0.15) is 0 Å². The van der Waals surface area contributed by atoms with Crippen molar-refractivity contribution >= 4 is 0 Å². The van der Waals surface area contributed by atoms with Gasteiger partial charge in [0, 0.05) is 6.54 Å². The fraction of sp³-hybridized carbons (Fsp3) is 0.625. The Labute approximate surface area is 112 Å². The van der Waals surface area contributed by atoms with Gasteiger partial charge in [-0.15, -0.1) is 0 Å². The van der Waals surface area contributed by atoms with E-state index in [0.29, 0.717) is 0 Å². The number of rotatable bonds is 7. The predicted molar refractivity (Wildman–Crippen MR) is 78.5 cm³/mol. The van der Waals surface area contributed by atoms with Crippen LogP contribution in [0.25, 0.3) is 0 Å². The summed E-state index contributed by atoms with van der Waals surface area (Å²) < 4.78 is 6.19. The van der Waals surface area contributed by atoms with Crippen LogP contribution in [0.2, 0.25) is 0 Å². The molecule has 1 unspecified atom stereocenters. The maximum atomic E-state index is 6.19. The Balaban J connectivity index is 2.72. The smallest absolute Gasteiger partial charge is 0.125 e. The SMILES string of the molecule is CCCNCC(CC)Oc1c(C)ccc(C)c1C. The molecule has 0 heterocycles. The van der Waals surface area contributed by atoms with Gasteiger partial charge in [-0.05, 0) is 56.8 Å². The zero-order valence-electron chi connectivity index (χ0n) is 12.5. The van der Waals surface area contributed by atoms with E-state index in [-0.39, 0.29) is 6.10 Å². The first-order chi connectivity index (χ1) is 8.60. The fourth-order valence-electron chi connectivity index (χ4n) is 1.98. The lowest BCUT2D eigenvalue weighted by molar-refractivity contribution is 0.191. The molecule has 0 aromatic heterocycles. The summed E-state index contributed by atoms with van der Waals surface area (Å²) in [6.45, 7) is 12.8. The average Bonchev–Trinajstić information content (AvgIpc) is 2.37. The van der Waals surface area contributed by atoms with Crippen LogP contribution >= 0.6 is 0 Å². The maximum Gasteiger partial charge on any atom is 0.125 e. The Morgan fingerprint density at radius 1 is 1.11 bits per heavy atom. The topological polar surface area (TPSA) is 21.3 Å². The van der Waals surface area contributed by atoms with Crippen molar-refractivity contribution in [1.29, 1.82) is 0 Å². The molecule has 0 aliphatic heterocycles. The molecule has 1 aromatic carbocycles. The van der Waals surface area contributed by atoms with Crippen LogP contribution < -0.4 is 10.1 Å². The Hall–Kier alpha value is -1.02. The van der Waals surface area contributed by atoms with Crippen molar-refractivity contribution in [3.63, 3.8) is 0 Å². The quantitative estimate of drug-likeness (QED) is 0.743. The summed E-state index contributed by atoms with van der Waals surface area (Å²) in [5.74, 6) is 1.07. The van der Waals surface area contributed by atoms with Gasteiger partial charge in [0.05, 0.1) is 0 Å². The molecule has 1 rings (SSSR count). The first-order valence-corrected chi connectivity index (χ1v) is 7.04. The standard InChI is InChI=1S/C16H27NO/c1-6-10-17-11-15(7-2)18-16-13(4)9-8-12(3)14(16)5/h8-9,15,17H,6-7,10-11H2,1-5H3.